The minimum absolute atomic E-state index is 0.274. The van der Waals surface area contributed by atoms with E-state index in [4.69, 9.17) is 0 Å². The molecule has 1 aromatic heterocycles. The third kappa shape index (κ3) is 1.92. The van der Waals surface area contributed by atoms with Crippen LogP contribution >= 0.6 is 0 Å². The Labute approximate surface area is 83.0 Å². The SMILES string of the molecule is CC(C)n1ccn(C(C)C)c1=NN=O. The second-order valence-corrected chi connectivity index (χ2v) is 3.78. The van der Waals surface area contributed by atoms with Crippen molar-refractivity contribution in [1.82, 2.24) is 9.13 Å². The zero-order chi connectivity index (χ0) is 10.7. The van der Waals surface area contributed by atoms with Crippen molar-refractivity contribution in [2.45, 2.75) is 39.8 Å². The predicted molar refractivity (Wildman–Crippen MR) is 54.6 cm³/mol. The number of nitrogens with zero attached hydrogens (tertiary/aromatic N) is 4. The van der Waals surface area contributed by atoms with E-state index in [2.05, 4.69) is 10.4 Å². The molecule has 0 aliphatic rings. The lowest BCUT2D eigenvalue weighted by Gasteiger charge is -2.09. The van der Waals surface area contributed by atoms with Crippen molar-refractivity contribution in [2.75, 3.05) is 0 Å². The summed E-state index contributed by atoms with van der Waals surface area (Å²) in [5.41, 5.74) is 0.602. The second-order valence-electron chi connectivity index (χ2n) is 3.78. The van der Waals surface area contributed by atoms with E-state index in [1.807, 2.05) is 49.2 Å². The molecule has 0 aliphatic carbocycles. The Morgan fingerprint density at radius 3 is 1.79 bits per heavy atom. The lowest BCUT2D eigenvalue weighted by atomic mass is 10.4. The molecule has 0 saturated carbocycles. The van der Waals surface area contributed by atoms with Crippen molar-refractivity contribution in [3.63, 3.8) is 0 Å². The molecule has 0 spiro atoms. The largest absolute Gasteiger partial charge is 0.313 e. The molecular formula is C9H16N4O. The fourth-order valence-corrected chi connectivity index (χ4v) is 1.36. The number of hydrogen-bond acceptors (Lipinski definition) is 2. The normalized spacial score (nSPS) is 11.0. The molecule has 0 N–H and O–H groups in total. The van der Waals surface area contributed by atoms with E-state index < -0.39 is 0 Å². The van der Waals surface area contributed by atoms with E-state index in [1.165, 1.54) is 0 Å². The van der Waals surface area contributed by atoms with Crippen LogP contribution < -0.4 is 5.62 Å². The van der Waals surface area contributed by atoms with Crippen LogP contribution in [0.25, 0.3) is 0 Å². The van der Waals surface area contributed by atoms with Gasteiger partial charge in [-0.3, -0.25) is 0 Å². The Morgan fingerprint density at radius 1 is 1.07 bits per heavy atom. The van der Waals surface area contributed by atoms with Crippen molar-refractivity contribution in [1.29, 1.82) is 0 Å². The first-order valence-electron chi connectivity index (χ1n) is 4.73. The Bertz CT molecular complexity index is 344. The molecule has 0 bridgehead atoms. The lowest BCUT2D eigenvalue weighted by molar-refractivity contribution is 0.505. The van der Waals surface area contributed by atoms with Crippen LogP contribution in [0.15, 0.2) is 22.8 Å². The first kappa shape index (κ1) is 10.7. The molecule has 0 aliphatic heterocycles. The zero-order valence-electron chi connectivity index (χ0n) is 9.01. The Hall–Kier alpha value is -1.39. The smallest absolute Gasteiger partial charge is 0.233 e. The summed E-state index contributed by atoms with van der Waals surface area (Å²) in [5.74, 6) is 0. The summed E-state index contributed by atoms with van der Waals surface area (Å²) in [4.78, 5) is 10.2. The monoisotopic (exact) mass is 196 g/mol. The minimum Gasteiger partial charge on any atom is -0.313 e. The number of aromatic nitrogens is 2. The molecule has 5 heteroatoms. The maximum Gasteiger partial charge on any atom is 0.233 e. The van der Waals surface area contributed by atoms with E-state index in [-0.39, 0.29) is 12.1 Å². The van der Waals surface area contributed by atoms with Gasteiger partial charge >= 0.3 is 0 Å². The van der Waals surface area contributed by atoms with Crippen molar-refractivity contribution in [2.24, 2.45) is 10.4 Å². The van der Waals surface area contributed by atoms with Gasteiger partial charge in [-0.2, -0.15) is 0 Å². The summed E-state index contributed by atoms with van der Waals surface area (Å²) in [6, 6.07) is 0.547. The highest BCUT2D eigenvalue weighted by Crippen LogP contribution is 2.04. The number of imidazole rings is 1. The van der Waals surface area contributed by atoms with Crippen LogP contribution in [-0.4, -0.2) is 9.13 Å². The highest BCUT2D eigenvalue weighted by molar-refractivity contribution is 4.84. The molecule has 0 radical (unpaired) electrons. The molecule has 1 rings (SSSR count). The number of rotatable bonds is 3. The van der Waals surface area contributed by atoms with Gasteiger partial charge in [0.1, 0.15) is 0 Å². The molecule has 78 valence electrons. The molecular weight excluding hydrogens is 180 g/mol. The molecule has 0 unspecified atom stereocenters. The third-order valence-corrected chi connectivity index (χ3v) is 2.09. The summed E-state index contributed by atoms with van der Waals surface area (Å²) >= 11 is 0. The van der Waals surface area contributed by atoms with Gasteiger partial charge in [0.05, 0.1) is 5.29 Å². The van der Waals surface area contributed by atoms with Gasteiger partial charge in [0.25, 0.3) is 0 Å². The van der Waals surface area contributed by atoms with E-state index in [0.29, 0.717) is 5.62 Å². The molecule has 1 aromatic rings. The van der Waals surface area contributed by atoms with Crippen molar-refractivity contribution in [3.05, 3.63) is 22.9 Å². The summed E-state index contributed by atoms with van der Waals surface area (Å²) in [7, 11) is 0. The zero-order valence-corrected chi connectivity index (χ0v) is 9.01. The summed E-state index contributed by atoms with van der Waals surface area (Å²) in [6.45, 7) is 8.14. The number of hydrogen-bond donors (Lipinski definition) is 0. The van der Waals surface area contributed by atoms with E-state index >= 15 is 0 Å². The third-order valence-electron chi connectivity index (χ3n) is 2.09. The van der Waals surface area contributed by atoms with E-state index in [0.717, 1.165) is 0 Å². The standard InChI is InChI=1S/C9H16N4O/c1-7(2)12-5-6-13(8(3)4)9(12)10-11-14/h5-8H,1-4H3. The maximum atomic E-state index is 10.2. The van der Waals surface area contributed by atoms with Crippen LogP contribution in [-0.2, 0) is 0 Å². The van der Waals surface area contributed by atoms with Gasteiger partial charge in [0.2, 0.25) is 5.62 Å². The second kappa shape index (κ2) is 4.21. The van der Waals surface area contributed by atoms with Crippen LogP contribution in [0.5, 0.6) is 0 Å². The average molecular weight is 196 g/mol. The van der Waals surface area contributed by atoms with Crippen LogP contribution in [0.4, 0.5) is 0 Å². The Kier molecular flexibility index (Phi) is 3.22. The van der Waals surface area contributed by atoms with E-state index in [1.54, 1.807) is 0 Å². The van der Waals surface area contributed by atoms with Gasteiger partial charge in [0, 0.05) is 24.5 Å². The minimum atomic E-state index is 0.274. The first-order valence-corrected chi connectivity index (χ1v) is 4.73. The van der Waals surface area contributed by atoms with Crippen molar-refractivity contribution >= 4 is 0 Å². The van der Waals surface area contributed by atoms with Crippen LogP contribution in [0.2, 0.25) is 0 Å². The van der Waals surface area contributed by atoms with E-state index in [9.17, 15) is 4.91 Å². The van der Waals surface area contributed by atoms with Crippen LogP contribution in [0, 0.1) is 4.91 Å². The molecule has 0 saturated heterocycles. The van der Waals surface area contributed by atoms with Crippen molar-refractivity contribution < 1.29 is 0 Å². The predicted octanol–water partition coefficient (Wildman–Crippen LogP) is 2.03. The van der Waals surface area contributed by atoms with Gasteiger partial charge in [0.15, 0.2) is 0 Å². The molecule has 0 atom stereocenters. The molecule has 5 nitrogen and oxygen atoms in total. The summed E-state index contributed by atoms with van der Waals surface area (Å²) in [5, 5.41) is 6.20. The Morgan fingerprint density at radius 2 is 1.50 bits per heavy atom. The summed E-state index contributed by atoms with van der Waals surface area (Å²) < 4.78 is 3.84. The van der Waals surface area contributed by atoms with Gasteiger partial charge in [-0.1, -0.05) is 5.10 Å². The Balaban J connectivity index is 3.35. The maximum absolute atomic E-state index is 10.2. The van der Waals surface area contributed by atoms with Gasteiger partial charge < -0.3 is 9.13 Å². The summed E-state index contributed by atoms with van der Waals surface area (Å²) in [6.07, 6.45) is 3.82. The molecule has 0 fully saturated rings. The molecule has 14 heavy (non-hydrogen) atoms. The van der Waals surface area contributed by atoms with Crippen LogP contribution in [0.1, 0.15) is 39.8 Å². The number of nitroso groups, excluding NO2 is 1. The molecule has 0 amide bonds. The fraction of sp³-hybridized carbons (Fsp3) is 0.667. The highest BCUT2D eigenvalue weighted by atomic mass is 16.3. The average Bonchev–Trinajstić information content (AvgIpc) is 2.48. The van der Waals surface area contributed by atoms with Crippen LogP contribution in [0.3, 0.4) is 0 Å². The van der Waals surface area contributed by atoms with Gasteiger partial charge in [-0.05, 0) is 27.7 Å². The quantitative estimate of drug-likeness (QED) is 0.539. The van der Waals surface area contributed by atoms with Crippen molar-refractivity contribution in [3.8, 4) is 0 Å². The molecule has 0 aromatic carbocycles. The topological polar surface area (TPSA) is 51.6 Å². The van der Waals surface area contributed by atoms with Gasteiger partial charge in [-0.15, -0.1) is 4.91 Å². The fourth-order valence-electron chi connectivity index (χ4n) is 1.36. The van der Waals surface area contributed by atoms with Gasteiger partial charge in [-0.25, -0.2) is 0 Å². The highest BCUT2D eigenvalue weighted by Gasteiger charge is 2.06. The first-order chi connectivity index (χ1) is 6.57. The molecule has 1 heterocycles. The lowest BCUT2D eigenvalue weighted by Crippen LogP contribution is -2.27.